The van der Waals surface area contributed by atoms with Crippen LogP contribution >= 0.6 is 0 Å². The first-order chi connectivity index (χ1) is 13.0. The van der Waals surface area contributed by atoms with Crippen molar-refractivity contribution in [3.8, 4) is 0 Å². The van der Waals surface area contributed by atoms with Crippen LogP contribution in [0.5, 0.6) is 0 Å². The molecule has 144 valence electrons. The highest BCUT2D eigenvalue weighted by atomic mass is 16.2. The van der Waals surface area contributed by atoms with Gasteiger partial charge in [0.1, 0.15) is 0 Å². The number of nitrogens with one attached hydrogen (secondary N) is 1. The molecule has 1 amide bonds. The molecule has 2 atom stereocenters. The highest BCUT2D eigenvalue weighted by Crippen LogP contribution is 2.24. The number of hydrogen-bond acceptors (Lipinski definition) is 3. The van der Waals surface area contributed by atoms with Gasteiger partial charge in [-0.2, -0.15) is 0 Å². The molecule has 1 aliphatic heterocycles. The third-order valence-electron chi connectivity index (χ3n) is 5.56. The molecule has 3 rings (SSSR count). The van der Waals surface area contributed by atoms with Gasteiger partial charge in [-0.05, 0) is 45.1 Å². The monoisotopic (exact) mass is 365 g/mol. The lowest BCUT2D eigenvalue weighted by molar-refractivity contribution is -0.126. The fourth-order valence-corrected chi connectivity index (χ4v) is 3.93. The largest absolute Gasteiger partial charge is 0.345 e. The molecule has 1 N–H and O–H groups in total. The first-order valence-corrected chi connectivity index (χ1v) is 9.80. The molecule has 0 aliphatic carbocycles. The maximum absolute atomic E-state index is 13.2. The summed E-state index contributed by atoms with van der Waals surface area (Å²) >= 11 is 0. The van der Waals surface area contributed by atoms with Gasteiger partial charge < -0.3 is 15.1 Å². The van der Waals surface area contributed by atoms with Crippen LogP contribution in [0.1, 0.15) is 30.0 Å². The number of benzene rings is 2. The second kappa shape index (κ2) is 9.16. The molecule has 2 aromatic carbocycles. The lowest BCUT2D eigenvalue weighted by Gasteiger charge is -2.26. The third kappa shape index (κ3) is 5.18. The van der Waals surface area contributed by atoms with E-state index in [2.05, 4.69) is 60.5 Å². The number of amides is 1. The Morgan fingerprint density at radius 3 is 2.04 bits per heavy atom. The molecular weight excluding hydrogens is 334 g/mol. The molecule has 0 radical (unpaired) electrons. The first kappa shape index (κ1) is 19.6. The van der Waals surface area contributed by atoms with Crippen molar-refractivity contribution in [2.24, 2.45) is 5.92 Å². The van der Waals surface area contributed by atoms with Crippen molar-refractivity contribution in [3.63, 3.8) is 0 Å². The summed E-state index contributed by atoms with van der Waals surface area (Å²) < 4.78 is 0. The summed E-state index contributed by atoms with van der Waals surface area (Å²) in [5.41, 5.74) is 2.23. The average Bonchev–Trinajstić information content (AvgIpc) is 2.89. The van der Waals surface area contributed by atoms with Crippen molar-refractivity contribution >= 4 is 5.91 Å². The van der Waals surface area contributed by atoms with Crippen LogP contribution in [0.15, 0.2) is 60.7 Å². The Hall–Kier alpha value is -2.17. The van der Waals surface area contributed by atoms with Crippen LogP contribution < -0.4 is 5.32 Å². The Balaban J connectivity index is 1.76. The number of carbonyl (C=O) groups excluding carboxylic acids is 1. The Morgan fingerprint density at radius 2 is 1.52 bits per heavy atom. The van der Waals surface area contributed by atoms with Gasteiger partial charge in [0.05, 0.1) is 12.0 Å². The van der Waals surface area contributed by atoms with Crippen LogP contribution in [-0.4, -0.2) is 56.0 Å². The Labute approximate surface area is 163 Å². The minimum Gasteiger partial charge on any atom is -0.345 e. The summed E-state index contributed by atoms with van der Waals surface area (Å²) in [7, 11) is 6.37. The fraction of sp³-hybridized carbons (Fsp3) is 0.435. The second-order valence-corrected chi connectivity index (χ2v) is 7.88. The minimum absolute atomic E-state index is 0.0230. The molecule has 0 saturated carbocycles. The molecule has 0 bridgehead atoms. The quantitative estimate of drug-likeness (QED) is 0.884. The van der Waals surface area contributed by atoms with Crippen LogP contribution in [0.3, 0.4) is 0 Å². The lowest BCUT2D eigenvalue weighted by atomic mass is 9.96. The van der Waals surface area contributed by atoms with Crippen molar-refractivity contribution in [3.05, 3.63) is 71.8 Å². The zero-order valence-corrected chi connectivity index (χ0v) is 16.6. The molecule has 2 aromatic rings. The fourth-order valence-electron chi connectivity index (χ4n) is 3.93. The molecule has 1 heterocycles. The lowest BCUT2D eigenvalue weighted by Crippen LogP contribution is -2.40. The van der Waals surface area contributed by atoms with E-state index in [1.807, 2.05) is 36.4 Å². The predicted octanol–water partition coefficient (Wildman–Crippen LogP) is 3.16. The van der Waals surface area contributed by atoms with E-state index in [-0.39, 0.29) is 17.9 Å². The third-order valence-corrected chi connectivity index (χ3v) is 5.56. The van der Waals surface area contributed by atoms with Gasteiger partial charge in [-0.25, -0.2) is 0 Å². The Morgan fingerprint density at radius 1 is 0.963 bits per heavy atom. The van der Waals surface area contributed by atoms with Crippen molar-refractivity contribution < 1.29 is 4.79 Å². The number of likely N-dealkylation sites (N-methyl/N-ethyl adjacent to an activating group) is 2. The maximum Gasteiger partial charge on any atom is 0.225 e. The molecule has 0 aromatic heterocycles. The molecule has 4 heteroatoms. The predicted molar refractivity (Wildman–Crippen MR) is 111 cm³/mol. The van der Waals surface area contributed by atoms with E-state index in [0.717, 1.165) is 37.1 Å². The molecule has 1 aliphatic rings. The van der Waals surface area contributed by atoms with Crippen molar-refractivity contribution in [2.45, 2.75) is 24.9 Å². The van der Waals surface area contributed by atoms with E-state index in [0.29, 0.717) is 6.04 Å². The average molecular weight is 366 g/mol. The molecule has 27 heavy (non-hydrogen) atoms. The summed E-state index contributed by atoms with van der Waals surface area (Å²) in [6, 6.07) is 20.8. The number of carbonyl (C=O) groups is 1. The Kier molecular flexibility index (Phi) is 6.64. The van der Waals surface area contributed by atoms with E-state index < -0.39 is 0 Å². The molecule has 0 spiro atoms. The number of likely N-dealkylation sites (tertiary alicyclic amines) is 1. The number of nitrogens with zero attached hydrogens (tertiary/aromatic N) is 2. The van der Waals surface area contributed by atoms with Gasteiger partial charge in [-0.3, -0.25) is 4.79 Å². The van der Waals surface area contributed by atoms with Gasteiger partial charge in [0, 0.05) is 19.1 Å². The Bertz CT molecular complexity index is 677. The highest BCUT2D eigenvalue weighted by Gasteiger charge is 2.29. The van der Waals surface area contributed by atoms with Gasteiger partial charge in [-0.1, -0.05) is 60.7 Å². The van der Waals surface area contributed by atoms with Gasteiger partial charge in [0.2, 0.25) is 5.91 Å². The zero-order valence-electron chi connectivity index (χ0n) is 16.6. The maximum atomic E-state index is 13.2. The van der Waals surface area contributed by atoms with Gasteiger partial charge in [0.25, 0.3) is 0 Å². The summed E-state index contributed by atoms with van der Waals surface area (Å²) in [4.78, 5) is 17.7. The van der Waals surface area contributed by atoms with E-state index in [4.69, 9.17) is 0 Å². The van der Waals surface area contributed by atoms with Gasteiger partial charge in [0.15, 0.2) is 0 Å². The SMILES string of the molecule is CN1C[C@H](C(=O)NC(c2ccccc2)c2ccccc2)CC[C@H](N(C)C)C1. The smallest absolute Gasteiger partial charge is 0.225 e. The van der Waals surface area contributed by atoms with Gasteiger partial charge in [-0.15, -0.1) is 0 Å². The van der Waals surface area contributed by atoms with E-state index in [1.165, 1.54) is 0 Å². The zero-order chi connectivity index (χ0) is 19.2. The van der Waals surface area contributed by atoms with Crippen molar-refractivity contribution in [1.82, 2.24) is 15.1 Å². The molecule has 0 unspecified atom stereocenters. The standard InChI is InChI=1S/C23H31N3O/c1-25(2)21-15-14-20(16-26(3)17-21)23(27)24-22(18-10-6-4-7-11-18)19-12-8-5-9-13-19/h4-13,20-22H,14-17H2,1-3H3,(H,24,27)/t20-,21+/m1/s1. The van der Waals surface area contributed by atoms with Gasteiger partial charge >= 0.3 is 0 Å². The summed E-state index contributed by atoms with van der Waals surface area (Å²) in [5, 5.41) is 3.33. The van der Waals surface area contributed by atoms with E-state index in [9.17, 15) is 4.79 Å². The number of rotatable bonds is 5. The molecular formula is C23H31N3O. The summed E-state index contributed by atoms with van der Waals surface area (Å²) in [6.07, 6.45) is 1.98. The minimum atomic E-state index is -0.113. The number of hydrogen-bond donors (Lipinski definition) is 1. The van der Waals surface area contributed by atoms with Crippen molar-refractivity contribution in [2.75, 3.05) is 34.2 Å². The van der Waals surface area contributed by atoms with Crippen molar-refractivity contribution in [1.29, 1.82) is 0 Å². The topological polar surface area (TPSA) is 35.6 Å². The highest BCUT2D eigenvalue weighted by molar-refractivity contribution is 5.80. The van der Waals surface area contributed by atoms with Crippen LogP contribution in [0.25, 0.3) is 0 Å². The second-order valence-electron chi connectivity index (χ2n) is 7.88. The van der Waals surface area contributed by atoms with Crippen LogP contribution in [0.2, 0.25) is 0 Å². The first-order valence-electron chi connectivity index (χ1n) is 9.80. The van der Waals surface area contributed by atoms with E-state index >= 15 is 0 Å². The van der Waals surface area contributed by atoms with Crippen LogP contribution in [-0.2, 0) is 4.79 Å². The van der Waals surface area contributed by atoms with Crippen LogP contribution in [0, 0.1) is 5.92 Å². The summed E-state index contributed by atoms with van der Waals surface area (Å²) in [5.74, 6) is 0.175. The van der Waals surface area contributed by atoms with E-state index in [1.54, 1.807) is 0 Å². The normalized spacial score (nSPS) is 21.2. The van der Waals surface area contributed by atoms with Crippen LogP contribution in [0.4, 0.5) is 0 Å². The molecule has 4 nitrogen and oxygen atoms in total. The summed E-state index contributed by atoms with van der Waals surface area (Å²) in [6.45, 7) is 1.82. The molecule has 1 saturated heterocycles. The molecule has 1 fully saturated rings.